The molecule has 2 N–H and O–H groups in total. The summed E-state index contributed by atoms with van der Waals surface area (Å²) in [7, 11) is 0. The van der Waals surface area contributed by atoms with Gasteiger partial charge in [0, 0.05) is 31.7 Å². The number of amides is 1. The Morgan fingerprint density at radius 1 is 1.29 bits per heavy atom. The second kappa shape index (κ2) is 8.84. The number of piperidine rings is 1. The van der Waals surface area contributed by atoms with Gasteiger partial charge in [-0.2, -0.15) is 0 Å². The van der Waals surface area contributed by atoms with E-state index in [4.69, 9.17) is 4.74 Å². The van der Waals surface area contributed by atoms with Gasteiger partial charge in [0.15, 0.2) is 5.69 Å². The minimum Gasteiger partial charge on any atom is -0.381 e. The number of hydrogen-bond acceptors (Lipinski definition) is 5. The maximum absolute atomic E-state index is 12.7. The lowest BCUT2D eigenvalue weighted by atomic mass is 9.74. The van der Waals surface area contributed by atoms with Crippen LogP contribution in [0.5, 0.6) is 0 Å². The van der Waals surface area contributed by atoms with Gasteiger partial charge in [0.25, 0.3) is 5.91 Å². The van der Waals surface area contributed by atoms with Gasteiger partial charge >= 0.3 is 0 Å². The Kier molecular flexibility index (Phi) is 6.02. The van der Waals surface area contributed by atoms with E-state index >= 15 is 0 Å². The number of carbonyl (C=O) groups excluding carboxylic acids is 1. The van der Waals surface area contributed by atoms with E-state index in [0.717, 1.165) is 45.7 Å². The zero-order valence-corrected chi connectivity index (χ0v) is 16.3. The molecule has 3 heterocycles. The molecule has 2 aliphatic rings. The lowest BCUT2D eigenvalue weighted by Crippen LogP contribution is -2.44. The number of hydrogen-bond donors (Lipinski definition) is 2. The van der Waals surface area contributed by atoms with E-state index in [9.17, 15) is 4.79 Å². The summed E-state index contributed by atoms with van der Waals surface area (Å²) >= 11 is 0. The Bertz CT molecular complexity index is 764. The number of aromatic nitrogens is 3. The van der Waals surface area contributed by atoms with Gasteiger partial charge in [0.2, 0.25) is 0 Å². The van der Waals surface area contributed by atoms with Crippen molar-refractivity contribution in [1.29, 1.82) is 0 Å². The smallest absolute Gasteiger partial charge is 0.273 e. The monoisotopic (exact) mass is 383 g/mol. The van der Waals surface area contributed by atoms with Gasteiger partial charge in [-0.3, -0.25) is 9.48 Å². The third-order valence-electron chi connectivity index (χ3n) is 6.04. The summed E-state index contributed by atoms with van der Waals surface area (Å²) < 4.78 is 7.37. The van der Waals surface area contributed by atoms with Crippen molar-refractivity contribution in [2.75, 3.05) is 32.8 Å². The highest BCUT2D eigenvalue weighted by atomic mass is 16.5. The van der Waals surface area contributed by atoms with Crippen LogP contribution in [0, 0.1) is 5.92 Å². The van der Waals surface area contributed by atoms with Crippen LogP contribution in [0.4, 0.5) is 0 Å². The van der Waals surface area contributed by atoms with Crippen molar-refractivity contribution in [2.24, 2.45) is 5.92 Å². The first-order valence-electron chi connectivity index (χ1n) is 10.3. The predicted molar refractivity (Wildman–Crippen MR) is 106 cm³/mol. The average molecular weight is 383 g/mol. The first-order chi connectivity index (χ1) is 13.8. The molecular formula is C21H29N5O2. The van der Waals surface area contributed by atoms with Crippen LogP contribution in [0.3, 0.4) is 0 Å². The van der Waals surface area contributed by atoms with Crippen LogP contribution in [0.15, 0.2) is 36.5 Å². The van der Waals surface area contributed by atoms with Crippen molar-refractivity contribution in [3.8, 4) is 0 Å². The second-order valence-electron chi connectivity index (χ2n) is 7.98. The molecule has 1 amide bonds. The molecule has 1 atom stereocenters. The predicted octanol–water partition coefficient (Wildman–Crippen LogP) is 1.76. The average Bonchev–Trinajstić information content (AvgIpc) is 3.23. The van der Waals surface area contributed by atoms with E-state index in [-0.39, 0.29) is 11.3 Å². The van der Waals surface area contributed by atoms with Crippen molar-refractivity contribution >= 4 is 5.91 Å². The molecule has 1 aromatic heterocycles. The molecule has 4 rings (SSSR count). The second-order valence-corrected chi connectivity index (χ2v) is 7.98. The first kappa shape index (κ1) is 19.1. The zero-order chi connectivity index (χ0) is 19.2. The van der Waals surface area contributed by atoms with Crippen LogP contribution in [-0.4, -0.2) is 53.7 Å². The molecule has 7 heteroatoms. The number of carbonyl (C=O) groups is 1. The third kappa shape index (κ3) is 4.42. The molecule has 0 saturated carbocycles. The normalized spacial score (nSPS) is 21.9. The topological polar surface area (TPSA) is 81.1 Å². The summed E-state index contributed by atoms with van der Waals surface area (Å²) in [5.41, 5.74) is 1.56. The van der Waals surface area contributed by atoms with Gasteiger partial charge in [-0.1, -0.05) is 35.5 Å². The summed E-state index contributed by atoms with van der Waals surface area (Å²) in [6.07, 6.45) is 5.95. The molecule has 0 radical (unpaired) electrons. The molecule has 7 nitrogen and oxygen atoms in total. The standard InChI is InChI=1S/C21H29N5O2/c27-20(19-15-26(25-24-19)14-17-5-4-10-22-13-17)23-16-21(8-11-28-12-9-21)18-6-2-1-3-7-18/h1-3,6-7,15,17,22H,4-5,8-14,16H2,(H,23,27)/t17-/m1/s1. The van der Waals surface area contributed by atoms with Crippen LogP contribution >= 0.6 is 0 Å². The Morgan fingerprint density at radius 3 is 2.86 bits per heavy atom. The molecule has 2 aromatic rings. The van der Waals surface area contributed by atoms with Crippen LogP contribution in [0.1, 0.15) is 41.7 Å². The zero-order valence-electron chi connectivity index (χ0n) is 16.3. The molecule has 0 spiro atoms. The van der Waals surface area contributed by atoms with Crippen LogP contribution in [0.2, 0.25) is 0 Å². The van der Waals surface area contributed by atoms with Gasteiger partial charge in [-0.05, 0) is 50.3 Å². The number of rotatable bonds is 6. The summed E-state index contributed by atoms with van der Waals surface area (Å²) in [5.74, 6) is 0.393. The molecule has 0 aliphatic carbocycles. The van der Waals surface area contributed by atoms with Gasteiger partial charge in [-0.15, -0.1) is 5.10 Å². The number of nitrogens with one attached hydrogen (secondary N) is 2. The summed E-state index contributed by atoms with van der Waals surface area (Å²) in [5, 5.41) is 14.8. The van der Waals surface area contributed by atoms with Gasteiger partial charge in [0.05, 0.1) is 6.20 Å². The lowest BCUT2D eigenvalue weighted by molar-refractivity contribution is 0.0486. The van der Waals surface area contributed by atoms with E-state index < -0.39 is 0 Å². The van der Waals surface area contributed by atoms with Crippen LogP contribution in [0.25, 0.3) is 0 Å². The molecule has 0 unspecified atom stereocenters. The van der Waals surface area contributed by atoms with Crippen molar-refractivity contribution in [3.63, 3.8) is 0 Å². The van der Waals surface area contributed by atoms with Crippen molar-refractivity contribution in [1.82, 2.24) is 25.6 Å². The fourth-order valence-electron chi connectivity index (χ4n) is 4.30. The molecule has 0 bridgehead atoms. The molecule has 150 valence electrons. The van der Waals surface area contributed by atoms with Crippen molar-refractivity contribution in [2.45, 2.75) is 37.6 Å². The lowest BCUT2D eigenvalue weighted by Gasteiger charge is -2.37. The number of nitrogens with zero attached hydrogens (tertiary/aromatic N) is 3. The molecule has 28 heavy (non-hydrogen) atoms. The molecule has 1 aromatic carbocycles. The highest BCUT2D eigenvalue weighted by Crippen LogP contribution is 2.34. The summed E-state index contributed by atoms with van der Waals surface area (Å²) in [6, 6.07) is 10.4. The van der Waals surface area contributed by atoms with Crippen LogP contribution in [-0.2, 0) is 16.7 Å². The van der Waals surface area contributed by atoms with E-state index in [1.807, 2.05) is 6.07 Å². The highest BCUT2D eigenvalue weighted by molar-refractivity contribution is 5.91. The highest BCUT2D eigenvalue weighted by Gasteiger charge is 2.35. The number of benzene rings is 1. The Balaban J connectivity index is 1.38. The van der Waals surface area contributed by atoms with Crippen LogP contribution < -0.4 is 10.6 Å². The first-order valence-corrected chi connectivity index (χ1v) is 10.3. The largest absolute Gasteiger partial charge is 0.381 e. The maximum atomic E-state index is 12.7. The van der Waals surface area contributed by atoms with Gasteiger partial charge in [0.1, 0.15) is 0 Å². The molecular weight excluding hydrogens is 354 g/mol. The fraction of sp³-hybridized carbons (Fsp3) is 0.571. The minimum absolute atomic E-state index is 0.0844. The fourth-order valence-corrected chi connectivity index (χ4v) is 4.30. The van der Waals surface area contributed by atoms with Crippen molar-refractivity contribution < 1.29 is 9.53 Å². The Morgan fingerprint density at radius 2 is 2.11 bits per heavy atom. The van der Waals surface area contributed by atoms with E-state index in [1.165, 1.54) is 18.4 Å². The molecule has 2 fully saturated rings. The van der Waals surface area contributed by atoms with E-state index in [2.05, 4.69) is 45.2 Å². The van der Waals surface area contributed by atoms with E-state index in [1.54, 1.807) is 10.9 Å². The SMILES string of the molecule is O=C(NCC1(c2ccccc2)CCOCC1)c1cn(C[C@@H]2CCCNC2)nn1. The van der Waals surface area contributed by atoms with Gasteiger partial charge in [-0.25, -0.2) is 0 Å². The molecule has 2 aliphatic heterocycles. The molecule has 2 saturated heterocycles. The van der Waals surface area contributed by atoms with E-state index in [0.29, 0.717) is 18.2 Å². The summed E-state index contributed by atoms with van der Waals surface area (Å²) in [4.78, 5) is 12.7. The maximum Gasteiger partial charge on any atom is 0.273 e. The quantitative estimate of drug-likeness (QED) is 0.794. The third-order valence-corrected chi connectivity index (χ3v) is 6.04. The summed E-state index contributed by atoms with van der Waals surface area (Å²) in [6.45, 7) is 4.92. The number of ether oxygens (including phenoxy) is 1. The van der Waals surface area contributed by atoms with Gasteiger partial charge < -0.3 is 15.4 Å². The Hall–Kier alpha value is -2.25. The van der Waals surface area contributed by atoms with Crippen molar-refractivity contribution in [3.05, 3.63) is 47.8 Å². The minimum atomic E-state index is -0.158. The Labute approximate surface area is 165 Å².